The molecule has 0 aromatic heterocycles. The Morgan fingerprint density at radius 3 is 1.70 bits per heavy atom. The zero-order valence-electron chi connectivity index (χ0n) is 37.5. The molecule has 3 fully saturated rings. The van der Waals surface area contributed by atoms with Gasteiger partial charge in [-0.1, -0.05) is 102 Å². The largest absolute Gasteiger partial charge is 0.430 e. The molecule has 0 spiro atoms. The highest BCUT2D eigenvalue weighted by atomic mass is 79.9. The van der Waals surface area contributed by atoms with Crippen LogP contribution in [0.5, 0.6) is 0 Å². The number of halogens is 10. The van der Waals surface area contributed by atoms with Crippen LogP contribution in [0.3, 0.4) is 0 Å². The normalized spacial score (nSPS) is 15.7. The molecule has 3 aromatic carbocycles. The topological polar surface area (TPSA) is 53.1 Å². The second kappa shape index (κ2) is 28.6. The number of piperazine rings is 1. The third kappa shape index (κ3) is 16.6. The number of hydrogen-bond donors (Lipinski definition) is 0. The Hall–Kier alpha value is -4.31. The van der Waals surface area contributed by atoms with Crippen LogP contribution in [0.1, 0.15) is 108 Å². The van der Waals surface area contributed by atoms with Crippen LogP contribution in [0.2, 0.25) is 0 Å². The van der Waals surface area contributed by atoms with Gasteiger partial charge in [0.15, 0.2) is 0 Å². The third-order valence-electron chi connectivity index (χ3n) is 10.2. The number of amides is 3. The molecule has 358 valence electrons. The van der Waals surface area contributed by atoms with Crippen molar-refractivity contribution in [1.82, 2.24) is 14.7 Å². The molecule has 2 aliphatic heterocycles. The van der Waals surface area contributed by atoms with E-state index in [4.69, 9.17) is 0 Å². The Labute approximate surface area is 381 Å². The summed E-state index contributed by atoms with van der Waals surface area (Å²) in [4.78, 5) is 29.2. The predicted octanol–water partition coefficient (Wildman–Crippen LogP) is 14.1. The molecule has 3 aromatic rings. The molecule has 1 saturated carbocycles. The van der Waals surface area contributed by atoms with E-state index in [1.54, 1.807) is 26.8 Å². The fraction of sp³-hybridized carbons (Fsp3) is 0.500. The van der Waals surface area contributed by atoms with E-state index in [0.29, 0.717) is 73.4 Å². The van der Waals surface area contributed by atoms with Gasteiger partial charge >= 0.3 is 18.4 Å². The van der Waals surface area contributed by atoms with Gasteiger partial charge in [0.2, 0.25) is 5.91 Å². The summed E-state index contributed by atoms with van der Waals surface area (Å²) in [5.74, 6) is -3.34. The van der Waals surface area contributed by atoms with Crippen molar-refractivity contribution in [2.24, 2.45) is 0 Å². The first-order valence-electron chi connectivity index (χ1n) is 21.5. The van der Waals surface area contributed by atoms with E-state index in [2.05, 4.69) is 54.3 Å². The molecule has 1 atom stereocenters. The summed E-state index contributed by atoms with van der Waals surface area (Å²) in [5, 5.41) is 0. The lowest BCUT2D eigenvalue weighted by Crippen LogP contribution is -2.55. The summed E-state index contributed by atoms with van der Waals surface area (Å²) in [6.45, 7) is 19.7. The lowest BCUT2D eigenvalue weighted by Gasteiger charge is -2.37. The van der Waals surface area contributed by atoms with E-state index in [1.807, 2.05) is 19.9 Å². The third-order valence-corrected chi connectivity index (χ3v) is 10.8. The maximum absolute atomic E-state index is 14.1. The van der Waals surface area contributed by atoms with Gasteiger partial charge in [0.05, 0.1) is 11.1 Å². The van der Waals surface area contributed by atoms with Gasteiger partial charge in [-0.15, -0.1) is 19.7 Å². The first kappa shape index (κ1) is 57.7. The minimum atomic E-state index is -6.03. The number of aryl methyl sites for hydroxylation is 1. The number of rotatable bonds is 8. The number of benzene rings is 3. The monoisotopic (exact) mass is 979 g/mol. The molecule has 64 heavy (non-hydrogen) atoms. The molecule has 16 heteroatoms. The van der Waals surface area contributed by atoms with E-state index in [-0.39, 0.29) is 30.2 Å². The van der Waals surface area contributed by atoms with Gasteiger partial charge in [0.25, 0.3) is 5.60 Å². The standard InChI is InChI=1S/C27H27F8N3O3.C10H10BrF.C4H8.C3H8.C2H6.C2H4/c1-17(39)36-11-13-37(14-12-36)24(40)38-10-9-19(15-38)18-5-7-20(8-6-18)25(26(30,31)32,27(33,34)35)41-16-21-22(28)3-2-4-23(21)29;1-2-3-4-8-5-6-10(12)9(11)7-8;1-2-4-3-1;1-3-2;2*1-2/h2-8,19H,9-16H2,1H3;2,5-7H,1,3-4H2;1-4H2;3H2,1-2H3;1-2H3;1-2H2. The van der Waals surface area contributed by atoms with E-state index in [9.17, 15) is 49.1 Å². The molecule has 1 unspecified atom stereocenters. The van der Waals surface area contributed by atoms with Gasteiger partial charge in [-0.05, 0) is 70.6 Å². The minimum Gasteiger partial charge on any atom is -0.349 e. The summed E-state index contributed by atoms with van der Waals surface area (Å²) in [5.41, 5.74) is -5.67. The number of urea groups is 1. The smallest absolute Gasteiger partial charge is 0.349 e. The second-order valence-corrected chi connectivity index (χ2v) is 15.5. The summed E-state index contributed by atoms with van der Waals surface area (Å²) in [6.07, 6.45) is -0.669. The predicted molar refractivity (Wildman–Crippen MR) is 239 cm³/mol. The van der Waals surface area contributed by atoms with Gasteiger partial charge < -0.3 is 19.4 Å². The Kier molecular flexibility index (Phi) is 25.8. The molecular formula is C48H63BrF9N3O3. The molecule has 2 heterocycles. The Morgan fingerprint density at radius 1 is 0.766 bits per heavy atom. The average molecular weight is 981 g/mol. The molecule has 6 rings (SSSR count). The molecule has 3 aliphatic rings. The molecule has 6 nitrogen and oxygen atoms in total. The molecular weight excluding hydrogens is 917 g/mol. The highest BCUT2D eigenvalue weighted by Gasteiger charge is 2.73. The van der Waals surface area contributed by atoms with Crippen molar-refractivity contribution in [3.63, 3.8) is 0 Å². The fourth-order valence-corrected chi connectivity index (χ4v) is 6.83. The van der Waals surface area contributed by atoms with Crippen molar-refractivity contribution in [3.8, 4) is 0 Å². The maximum Gasteiger partial charge on any atom is 0.430 e. The van der Waals surface area contributed by atoms with E-state index < -0.39 is 47.3 Å². The first-order valence-corrected chi connectivity index (χ1v) is 22.2. The highest BCUT2D eigenvalue weighted by molar-refractivity contribution is 9.10. The number of likely N-dealkylation sites (tertiary alicyclic amines) is 1. The van der Waals surface area contributed by atoms with Crippen LogP contribution >= 0.6 is 15.9 Å². The lowest BCUT2D eigenvalue weighted by atomic mass is 9.89. The van der Waals surface area contributed by atoms with Crippen LogP contribution in [0.15, 0.2) is 90.9 Å². The van der Waals surface area contributed by atoms with Crippen LogP contribution in [0.4, 0.5) is 44.3 Å². The summed E-state index contributed by atoms with van der Waals surface area (Å²) < 4.78 is 130. The van der Waals surface area contributed by atoms with Gasteiger partial charge in [-0.2, -0.15) is 26.3 Å². The SMILES string of the molecule is C1CCC1.C=C.C=CCCc1ccc(F)c(Br)c1.CC.CC(=O)N1CCN(C(=O)N2CCC(c3ccc(C(OCc4c(F)cccc4F)(C(F)(F)F)C(F)(F)F)cc3)C2)CC1.CCC. The van der Waals surface area contributed by atoms with Crippen molar-refractivity contribution < 1.29 is 53.8 Å². The van der Waals surface area contributed by atoms with Crippen LogP contribution in [-0.2, 0) is 28.2 Å². The van der Waals surface area contributed by atoms with Gasteiger partial charge in [-0.3, -0.25) is 4.79 Å². The molecule has 1 aliphatic carbocycles. The Balaban J connectivity index is 0.000000728. The number of hydrogen-bond acceptors (Lipinski definition) is 3. The fourth-order valence-electron chi connectivity index (χ4n) is 6.41. The Bertz CT molecular complexity index is 1810. The number of ether oxygens (including phenoxy) is 1. The zero-order chi connectivity index (χ0) is 48.7. The summed E-state index contributed by atoms with van der Waals surface area (Å²) in [7, 11) is 0. The molecule has 2 saturated heterocycles. The van der Waals surface area contributed by atoms with Gasteiger partial charge in [0, 0.05) is 63.2 Å². The van der Waals surface area contributed by atoms with Crippen LogP contribution < -0.4 is 0 Å². The van der Waals surface area contributed by atoms with Gasteiger partial charge in [-0.25, -0.2) is 18.0 Å². The molecule has 0 radical (unpaired) electrons. The first-order chi connectivity index (χ1) is 30.3. The zero-order valence-corrected chi connectivity index (χ0v) is 39.1. The van der Waals surface area contributed by atoms with Gasteiger partial charge in [0.1, 0.15) is 17.5 Å². The van der Waals surface area contributed by atoms with E-state index in [0.717, 1.165) is 36.6 Å². The number of carbonyl (C=O) groups excluding carboxylic acids is 2. The number of carbonyl (C=O) groups is 2. The second-order valence-electron chi connectivity index (χ2n) is 14.7. The van der Waals surface area contributed by atoms with Crippen molar-refractivity contribution >= 4 is 27.9 Å². The van der Waals surface area contributed by atoms with E-state index >= 15 is 0 Å². The number of alkyl halides is 6. The minimum absolute atomic E-state index is 0.0911. The maximum atomic E-state index is 14.1. The van der Waals surface area contributed by atoms with Crippen molar-refractivity contribution in [2.45, 2.75) is 116 Å². The highest BCUT2D eigenvalue weighted by Crippen LogP contribution is 2.53. The average Bonchev–Trinajstić information content (AvgIpc) is 3.73. The molecule has 0 N–H and O–H groups in total. The molecule has 3 amide bonds. The van der Waals surface area contributed by atoms with Crippen LogP contribution in [0.25, 0.3) is 0 Å². The van der Waals surface area contributed by atoms with E-state index in [1.165, 1.54) is 45.1 Å². The Morgan fingerprint density at radius 2 is 1.27 bits per heavy atom. The number of nitrogens with zero attached hydrogens (tertiary/aromatic N) is 3. The van der Waals surface area contributed by atoms with Crippen LogP contribution in [0, 0.1) is 17.5 Å². The van der Waals surface area contributed by atoms with Crippen molar-refractivity contribution in [3.05, 3.63) is 131 Å². The summed E-state index contributed by atoms with van der Waals surface area (Å²) >= 11 is 3.14. The summed E-state index contributed by atoms with van der Waals surface area (Å²) in [6, 6.07) is 10.6. The van der Waals surface area contributed by atoms with Crippen molar-refractivity contribution in [2.75, 3.05) is 39.3 Å². The molecule has 0 bridgehead atoms. The van der Waals surface area contributed by atoms with Crippen molar-refractivity contribution in [1.29, 1.82) is 0 Å². The lowest BCUT2D eigenvalue weighted by molar-refractivity contribution is -0.392. The quantitative estimate of drug-likeness (QED) is 0.167. The number of allylic oxidation sites excluding steroid dienone is 1. The van der Waals surface area contributed by atoms with Crippen LogP contribution in [-0.4, -0.2) is 78.3 Å².